The average Bonchev–Trinajstić information content (AvgIpc) is 2.78. The molecule has 17 heavy (non-hydrogen) atoms. The Labute approximate surface area is 102 Å². The maximum Gasteiger partial charge on any atom is 0.133 e. The first-order valence-electron chi connectivity index (χ1n) is 6.23. The van der Waals surface area contributed by atoms with Crippen molar-refractivity contribution in [3.8, 4) is 0 Å². The van der Waals surface area contributed by atoms with E-state index in [9.17, 15) is 5.11 Å². The van der Waals surface area contributed by atoms with Gasteiger partial charge in [-0.3, -0.25) is 0 Å². The summed E-state index contributed by atoms with van der Waals surface area (Å²) in [5, 5.41) is 9.62. The van der Waals surface area contributed by atoms with Gasteiger partial charge in [0.25, 0.3) is 0 Å². The van der Waals surface area contributed by atoms with E-state index in [0.717, 1.165) is 30.9 Å². The van der Waals surface area contributed by atoms with Crippen molar-refractivity contribution in [1.82, 2.24) is 4.98 Å². The van der Waals surface area contributed by atoms with Crippen LogP contribution in [0.25, 0.3) is 0 Å². The summed E-state index contributed by atoms with van der Waals surface area (Å²) in [6.07, 6.45) is 2.58. The lowest BCUT2D eigenvalue weighted by atomic mass is 10.0. The Morgan fingerprint density at radius 2 is 2.29 bits per heavy atom. The second kappa shape index (κ2) is 5.02. The highest BCUT2D eigenvalue weighted by Crippen LogP contribution is 2.28. The number of hydrogen-bond donors (Lipinski definition) is 2. The van der Waals surface area contributed by atoms with Crippen LogP contribution in [0.2, 0.25) is 0 Å². The predicted molar refractivity (Wildman–Crippen MR) is 68.8 cm³/mol. The highest BCUT2D eigenvalue weighted by molar-refractivity contribution is 5.49. The van der Waals surface area contributed by atoms with Crippen LogP contribution < -0.4 is 10.6 Å². The Morgan fingerprint density at radius 1 is 1.53 bits per heavy atom. The first kappa shape index (κ1) is 12.3. The molecule has 0 bridgehead atoms. The number of hydrogen-bond acceptors (Lipinski definition) is 4. The van der Waals surface area contributed by atoms with Crippen molar-refractivity contribution in [2.75, 3.05) is 18.0 Å². The van der Waals surface area contributed by atoms with Gasteiger partial charge in [-0.25, -0.2) is 4.98 Å². The van der Waals surface area contributed by atoms with Gasteiger partial charge in [0.15, 0.2) is 0 Å². The van der Waals surface area contributed by atoms with Crippen LogP contribution in [0.15, 0.2) is 18.3 Å². The molecule has 0 saturated carbocycles. The Kier molecular flexibility index (Phi) is 3.64. The largest absolute Gasteiger partial charge is 0.393 e. The average molecular weight is 235 g/mol. The number of anilines is 1. The lowest BCUT2D eigenvalue weighted by Gasteiger charge is -2.22. The van der Waals surface area contributed by atoms with Crippen LogP contribution in [0.1, 0.15) is 31.9 Å². The SMILES string of the molecule is CC(O)C1CCN(c2ncccc2[C@H](C)N)C1. The van der Waals surface area contributed by atoms with Crippen molar-refractivity contribution in [2.24, 2.45) is 11.7 Å². The maximum absolute atomic E-state index is 9.62. The number of aromatic nitrogens is 1. The minimum absolute atomic E-state index is 0.00991. The molecule has 1 saturated heterocycles. The molecule has 0 radical (unpaired) electrons. The molecule has 2 unspecified atom stereocenters. The van der Waals surface area contributed by atoms with Crippen molar-refractivity contribution >= 4 is 5.82 Å². The van der Waals surface area contributed by atoms with E-state index in [2.05, 4.69) is 9.88 Å². The van der Waals surface area contributed by atoms with E-state index < -0.39 is 0 Å². The van der Waals surface area contributed by atoms with E-state index in [4.69, 9.17) is 5.73 Å². The van der Waals surface area contributed by atoms with Gasteiger partial charge in [0.05, 0.1) is 6.10 Å². The van der Waals surface area contributed by atoms with Crippen molar-refractivity contribution in [1.29, 1.82) is 0 Å². The Balaban J connectivity index is 2.18. The van der Waals surface area contributed by atoms with Gasteiger partial charge in [0, 0.05) is 36.8 Å². The van der Waals surface area contributed by atoms with Gasteiger partial charge in [0.1, 0.15) is 5.82 Å². The monoisotopic (exact) mass is 235 g/mol. The van der Waals surface area contributed by atoms with Gasteiger partial charge in [-0.05, 0) is 26.3 Å². The van der Waals surface area contributed by atoms with Crippen LogP contribution in [0.4, 0.5) is 5.82 Å². The third-order valence-corrected chi connectivity index (χ3v) is 3.51. The molecule has 4 heteroatoms. The summed E-state index contributed by atoms with van der Waals surface area (Å²) in [5.41, 5.74) is 7.04. The second-order valence-corrected chi connectivity index (χ2v) is 4.94. The molecule has 0 aromatic carbocycles. The fourth-order valence-corrected chi connectivity index (χ4v) is 2.40. The van der Waals surface area contributed by atoms with Crippen LogP contribution in [-0.2, 0) is 0 Å². The zero-order valence-electron chi connectivity index (χ0n) is 10.5. The van der Waals surface area contributed by atoms with E-state index >= 15 is 0 Å². The number of nitrogens with zero attached hydrogens (tertiary/aromatic N) is 2. The molecule has 0 spiro atoms. The number of aliphatic hydroxyl groups is 1. The highest BCUT2D eigenvalue weighted by atomic mass is 16.3. The van der Waals surface area contributed by atoms with E-state index in [1.54, 1.807) is 6.20 Å². The summed E-state index contributed by atoms with van der Waals surface area (Å²) in [7, 11) is 0. The smallest absolute Gasteiger partial charge is 0.133 e. The molecular formula is C13H21N3O. The molecule has 2 rings (SSSR count). The zero-order valence-corrected chi connectivity index (χ0v) is 10.5. The molecule has 1 aliphatic heterocycles. The summed E-state index contributed by atoms with van der Waals surface area (Å²) in [6, 6.07) is 3.94. The summed E-state index contributed by atoms with van der Waals surface area (Å²) in [6.45, 7) is 5.66. The molecule has 1 fully saturated rings. The normalized spacial score (nSPS) is 23.8. The Bertz CT molecular complexity index is 379. The molecule has 2 heterocycles. The third-order valence-electron chi connectivity index (χ3n) is 3.51. The summed E-state index contributed by atoms with van der Waals surface area (Å²) in [5.74, 6) is 1.32. The molecule has 1 aromatic heterocycles. The predicted octanol–water partition coefficient (Wildman–Crippen LogP) is 1.31. The maximum atomic E-state index is 9.62. The number of aliphatic hydroxyl groups excluding tert-OH is 1. The van der Waals surface area contributed by atoms with Gasteiger partial charge in [-0.15, -0.1) is 0 Å². The third kappa shape index (κ3) is 2.58. The molecule has 4 nitrogen and oxygen atoms in total. The van der Waals surface area contributed by atoms with Gasteiger partial charge in [0.2, 0.25) is 0 Å². The van der Waals surface area contributed by atoms with E-state index in [-0.39, 0.29) is 12.1 Å². The minimum atomic E-state index is -0.248. The summed E-state index contributed by atoms with van der Waals surface area (Å²) < 4.78 is 0. The molecule has 94 valence electrons. The van der Waals surface area contributed by atoms with Crippen LogP contribution >= 0.6 is 0 Å². The van der Waals surface area contributed by atoms with Gasteiger partial charge in [-0.2, -0.15) is 0 Å². The second-order valence-electron chi connectivity index (χ2n) is 4.94. The Hall–Kier alpha value is -1.13. The summed E-state index contributed by atoms with van der Waals surface area (Å²) >= 11 is 0. The Morgan fingerprint density at radius 3 is 2.88 bits per heavy atom. The molecule has 3 N–H and O–H groups in total. The van der Waals surface area contributed by atoms with Crippen LogP contribution in [0.5, 0.6) is 0 Å². The van der Waals surface area contributed by atoms with Crippen LogP contribution in [0.3, 0.4) is 0 Å². The molecular weight excluding hydrogens is 214 g/mol. The van der Waals surface area contributed by atoms with E-state index in [0.29, 0.717) is 5.92 Å². The molecule has 1 aromatic rings. The topological polar surface area (TPSA) is 62.4 Å². The lowest BCUT2D eigenvalue weighted by molar-refractivity contribution is 0.136. The molecule has 1 aliphatic rings. The fraction of sp³-hybridized carbons (Fsp3) is 0.615. The number of rotatable bonds is 3. The van der Waals surface area contributed by atoms with Crippen molar-refractivity contribution in [3.63, 3.8) is 0 Å². The van der Waals surface area contributed by atoms with Crippen molar-refractivity contribution in [3.05, 3.63) is 23.9 Å². The van der Waals surface area contributed by atoms with E-state index in [1.807, 2.05) is 26.0 Å². The molecule has 3 atom stereocenters. The van der Waals surface area contributed by atoms with Crippen molar-refractivity contribution in [2.45, 2.75) is 32.4 Å². The quantitative estimate of drug-likeness (QED) is 0.829. The molecule has 0 aliphatic carbocycles. The standard InChI is InChI=1S/C13H21N3O/c1-9(14)12-4-3-6-15-13(12)16-7-5-11(8-16)10(2)17/h3-4,6,9-11,17H,5,7-8,14H2,1-2H3/t9-,10?,11?/m0/s1. The van der Waals surface area contributed by atoms with Gasteiger partial charge < -0.3 is 15.7 Å². The fourth-order valence-electron chi connectivity index (χ4n) is 2.40. The molecule has 0 amide bonds. The van der Waals surface area contributed by atoms with Crippen LogP contribution in [0, 0.1) is 5.92 Å². The highest BCUT2D eigenvalue weighted by Gasteiger charge is 2.28. The van der Waals surface area contributed by atoms with Gasteiger partial charge in [-0.1, -0.05) is 6.07 Å². The van der Waals surface area contributed by atoms with Crippen LogP contribution in [-0.4, -0.2) is 29.3 Å². The zero-order chi connectivity index (χ0) is 12.4. The number of nitrogens with two attached hydrogens (primary N) is 1. The van der Waals surface area contributed by atoms with E-state index in [1.165, 1.54) is 0 Å². The minimum Gasteiger partial charge on any atom is -0.393 e. The summed E-state index contributed by atoms with van der Waals surface area (Å²) in [4.78, 5) is 6.67. The van der Waals surface area contributed by atoms with Gasteiger partial charge >= 0.3 is 0 Å². The van der Waals surface area contributed by atoms with Crippen molar-refractivity contribution < 1.29 is 5.11 Å². The number of pyridine rings is 1. The first-order chi connectivity index (χ1) is 8.09. The first-order valence-corrected chi connectivity index (χ1v) is 6.23. The lowest BCUT2D eigenvalue weighted by Crippen LogP contribution is -2.26.